The van der Waals surface area contributed by atoms with Crippen LogP contribution in [0.15, 0.2) is 39.8 Å². The smallest absolute Gasteiger partial charge is 0.248 e. The summed E-state index contributed by atoms with van der Waals surface area (Å²) in [5.41, 5.74) is 1.42. The predicted octanol–water partition coefficient (Wildman–Crippen LogP) is 3.35. The van der Waals surface area contributed by atoms with Crippen molar-refractivity contribution < 1.29 is 17.7 Å². The van der Waals surface area contributed by atoms with Crippen LogP contribution in [0.5, 0.6) is 0 Å². The van der Waals surface area contributed by atoms with Gasteiger partial charge in [0.05, 0.1) is 12.0 Å². The molecule has 1 fully saturated rings. The molecule has 2 unspecified atom stereocenters. The quantitative estimate of drug-likeness (QED) is 0.743. The molecule has 1 amide bonds. The van der Waals surface area contributed by atoms with Crippen molar-refractivity contribution in [3.63, 3.8) is 0 Å². The number of carbonyl (C=O) groups is 1. The maximum absolute atomic E-state index is 13.1. The van der Waals surface area contributed by atoms with E-state index in [1.165, 1.54) is 4.31 Å². The molecule has 1 aromatic heterocycles. The highest BCUT2D eigenvalue weighted by atomic mass is 32.2. The predicted molar refractivity (Wildman–Crippen MR) is 110 cm³/mol. The van der Waals surface area contributed by atoms with Gasteiger partial charge in [-0.2, -0.15) is 4.31 Å². The molecule has 3 rings (SSSR count). The van der Waals surface area contributed by atoms with Crippen LogP contribution in [0, 0.1) is 19.8 Å². The van der Waals surface area contributed by atoms with E-state index >= 15 is 0 Å². The largest absolute Gasteiger partial charge is 0.360 e. The lowest BCUT2D eigenvalue weighted by Gasteiger charge is -2.32. The summed E-state index contributed by atoms with van der Waals surface area (Å²) in [6, 6.07) is 9.83. The number of carbonyl (C=O) groups excluding carboxylic acids is 1. The van der Waals surface area contributed by atoms with Gasteiger partial charge < -0.3 is 9.84 Å². The number of piperidine rings is 1. The zero-order valence-electron chi connectivity index (χ0n) is 17.2. The van der Waals surface area contributed by atoms with Crippen molar-refractivity contribution in [2.24, 2.45) is 5.92 Å². The minimum Gasteiger partial charge on any atom is -0.360 e. The Morgan fingerprint density at radius 1 is 1.31 bits per heavy atom. The molecule has 0 bridgehead atoms. The number of nitrogens with zero attached hydrogens (tertiary/aromatic N) is 2. The number of aromatic nitrogens is 1. The molecule has 2 atom stereocenters. The number of amides is 1. The Morgan fingerprint density at radius 2 is 2.03 bits per heavy atom. The van der Waals surface area contributed by atoms with E-state index in [9.17, 15) is 13.2 Å². The summed E-state index contributed by atoms with van der Waals surface area (Å²) in [6.07, 6.45) is 3.10. The Bertz CT molecular complexity index is 921. The van der Waals surface area contributed by atoms with Crippen LogP contribution >= 0.6 is 0 Å². The number of sulfonamides is 1. The first-order chi connectivity index (χ1) is 13.8. The molecular weight excluding hydrogens is 390 g/mol. The molecule has 2 aromatic rings. The van der Waals surface area contributed by atoms with Gasteiger partial charge >= 0.3 is 0 Å². The Morgan fingerprint density at radius 3 is 2.66 bits per heavy atom. The van der Waals surface area contributed by atoms with Crippen molar-refractivity contribution >= 4 is 15.9 Å². The molecule has 8 heteroatoms. The second kappa shape index (κ2) is 9.09. The number of aryl methyl sites for hydroxylation is 2. The zero-order chi connectivity index (χ0) is 21.0. The van der Waals surface area contributed by atoms with Gasteiger partial charge in [0, 0.05) is 13.1 Å². The summed E-state index contributed by atoms with van der Waals surface area (Å²) in [5.74, 6) is -0.186. The number of benzene rings is 1. The molecule has 1 aromatic carbocycles. The Balaban J connectivity index is 1.74. The topological polar surface area (TPSA) is 92.5 Å². The summed E-state index contributed by atoms with van der Waals surface area (Å²) in [7, 11) is -3.74. The highest BCUT2D eigenvalue weighted by Gasteiger charge is 2.36. The van der Waals surface area contributed by atoms with E-state index in [0.717, 1.165) is 18.4 Å². The second-order valence-corrected chi connectivity index (χ2v) is 9.49. The van der Waals surface area contributed by atoms with Crippen molar-refractivity contribution in [3.05, 3.63) is 47.3 Å². The monoisotopic (exact) mass is 419 g/mol. The second-order valence-electron chi connectivity index (χ2n) is 7.62. The normalized spacial score (nSPS) is 19.1. The first-order valence-corrected chi connectivity index (χ1v) is 11.6. The average Bonchev–Trinajstić information content (AvgIpc) is 3.07. The highest BCUT2D eigenvalue weighted by Crippen LogP contribution is 2.28. The van der Waals surface area contributed by atoms with Crippen LogP contribution < -0.4 is 5.32 Å². The van der Waals surface area contributed by atoms with Gasteiger partial charge in [0.2, 0.25) is 15.9 Å². The van der Waals surface area contributed by atoms with Gasteiger partial charge in [-0.05, 0) is 38.7 Å². The van der Waals surface area contributed by atoms with Gasteiger partial charge in [-0.3, -0.25) is 4.79 Å². The Hall–Kier alpha value is -2.19. The Kier molecular flexibility index (Phi) is 6.74. The van der Waals surface area contributed by atoms with E-state index in [-0.39, 0.29) is 35.1 Å². The number of nitrogens with one attached hydrogen (secondary N) is 1. The molecule has 1 saturated heterocycles. The van der Waals surface area contributed by atoms with Gasteiger partial charge in [-0.1, -0.05) is 48.8 Å². The summed E-state index contributed by atoms with van der Waals surface area (Å²) in [6.45, 7) is 5.86. The molecule has 0 spiro atoms. The Labute approximate surface area is 172 Å². The number of rotatable bonds is 7. The highest BCUT2D eigenvalue weighted by molar-refractivity contribution is 7.89. The van der Waals surface area contributed by atoms with Crippen molar-refractivity contribution in [1.29, 1.82) is 0 Å². The molecular formula is C21H29N3O4S. The molecule has 7 nitrogen and oxygen atoms in total. The third-order valence-electron chi connectivity index (χ3n) is 5.42. The SMILES string of the molecule is CCCC(NC(=O)C1CCCN(S(=O)(=O)c2c(C)noc2C)C1)c1ccccc1. The molecule has 1 aliphatic rings. The molecule has 158 valence electrons. The summed E-state index contributed by atoms with van der Waals surface area (Å²) in [4.78, 5) is 13.1. The summed E-state index contributed by atoms with van der Waals surface area (Å²) in [5, 5.41) is 6.91. The van der Waals surface area contributed by atoms with E-state index in [4.69, 9.17) is 4.52 Å². The summed E-state index contributed by atoms with van der Waals surface area (Å²) < 4.78 is 32.6. The molecule has 29 heavy (non-hydrogen) atoms. The fourth-order valence-electron chi connectivity index (χ4n) is 3.93. The first-order valence-electron chi connectivity index (χ1n) is 10.1. The van der Waals surface area contributed by atoms with E-state index in [1.54, 1.807) is 13.8 Å². The van der Waals surface area contributed by atoms with Crippen LogP contribution in [-0.4, -0.2) is 36.9 Å². The molecule has 0 radical (unpaired) electrons. The van der Waals surface area contributed by atoms with Crippen molar-refractivity contribution in [3.8, 4) is 0 Å². The molecule has 0 aliphatic carbocycles. The van der Waals surface area contributed by atoms with Crippen molar-refractivity contribution in [2.75, 3.05) is 13.1 Å². The average molecular weight is 420 g/mol. The first kappa shape index (κ1) is 21.5. The number of hydrogen-bond donors (Lipinski definition) is 1. The van der Waals surface area contributed by atoms with Gasteiger partial charge in [-0.25, -0.2) is 8.42 Å². The lowest BCUT2D eigenvalue weighted by Crippen LogP contribution is -2.46. The van der Waals surface area contributed by atoms with Crippen LogP contribution in [0.2, 0.25) is 0 Å². The van der Waals surface area contributed by atoms with Gasteiger partial charge in [0.1, 0.15) is 10.6 Å². The van der Waals surface area contributed by atoms with E-state index in [1.807, 2.05) is 30.3 Å². The minimum absolute atomic E-state index is 0.0664. The summed E-state index contributed by atoms with van der Waals surface area (Å²) >= 11 is 0. The third kappa shape index (κ3) is 4.70. The third-order valence-corrected chi connectivity index (χ3v) is 7.53. The van der Waals surface area contributed by atoms with Crippen LogP contribution in [0.1, 0.15) is 55.7 Å². The van der Waals surface area contributed by atoms with E-state index in [0.29, 0.717) is 25.1 Å². The van der Waals surface area contributed by atoms with Crippen LogP contribution in [0.3, 0.4) is 0 Å². The molecule has 2 heterocycles. The van der Waals surface area contributed by atoms with Crippen molar-refractivity contribution in [1.82, 2.24) is 14.8 Å². The number of hydrogen-bond acceptors (Lipinski definition) is 5. The fraction of sp³-hybridized carbons (Fsp3) is 0.524. The van der Waals surface area contributed by atoms with E-state index in [2.05, 4.69) is 17.4 Å². The maximum atomic E-state index is 13.1. The minimum atomic E-state index is -3.74. The lowest BCUT2D eigenvalue weighted by molar-refractivity contribution is -0.126. The standard InChI is InChI=1S/C21H29N3O4S/c1-4-9-19(17-10-6-5-7-11-17)22-21(25)18-12-8-13-24(14-18)29(26,27)20-15(2)23-28-16(20)3/h5-7,10-11,18-19H,4,8-9,12-14H2,1-3H3,(H,22,25). The molecule has 1 N–H and O–H groups in total. The van der Waals surface area contributed by atoms with E-state index < -0.39 is 10.0 Å². The van der Waals surface area contributed by atoms with Crippen LogP contribution in [0.4, 0.5) is 0 Å². The fourth-order valence-corrected chi connectivity index (χ4v) is 5.75. The van der Waals surface area contributed by atoms with Crippen LogP contribution in [0.25, 0.3) is 0 Å². The van der Waals surface area contributed by atoms with Gasteiger partial charge in [0.15, 0.2) is 5.76 Å². The zero-order valence-corrected chi connectivity index (χ0v) is 18.0. The van der Waals surface area contributed by atoms with Crippen LogP contribution in [-0.2, 0) is 14.8 Å². The van der Waals surface area contributed by atoms with Crippen molar-refractivity contribution in [2.45, 2.75) is 57.4 Å². The lowest BCUT2D eigenvalue weighted by atomic mass is 9.96. The van der Waals surface area contributed by atoms with Gasteiger partial charge in [0.25, 0.3) is 0 Å². The maximum Gasteiger partial charge on any atom is 0.248 e. The molecule has 1 aliphatic heterocycles. The molecule has 0 saturated carbocycles. The van der Waals surface area contributed by atoms with Gasteiger partial charge in [-0.15, -0.1) is 0 Å².